The summed E-state index contributed by atoms with van der Waals surface area (Å²) in [5.41, 5.74) is 11.9. The summed E-state index contributed by atoms with van der Waals surface area (Å²) in [5.74, 6) is 0.296. The van der Waals surface area contributed by atoms with Crippen molar-refractivity contribution >= 4 is 32.3 Å². The molecule has 0 aromatic heterocycles. The third-order valence-corrected chi connectivity index (χ3v) is 10.2. The minimum Gasteiger partial charge on any atom is -0.507 e. The van der Waals surface area contributed by atoms with Gasteiger partial charge in [0.15, 0.2) is 0 Å². The average Bonchev–Trinajstić information content (AvgIpc) is 3.19. The lowest BCUT2D eigenvalue weighted by molar-refractivity contribution is 0.479. The first kappa shape index (κ1) is 29.7. The van der Waals surface area contributed by atoms with E-state index in [0.29, 0.717) is 5.75 Å². The predicted octanol–water partition coefficient (Wildman–Crippen LogP) is 13.5. The Morgan fingerprint density at radius 2 is 0.700 bits per heavy atom. The molecule has 0 aliphatic heterocycles. The maximum Gasteiger partial charge on any atom is 0.131 e. The highest BCUT2D eigenvalue weighted by Gasteiger charge is 2.17. The number of aromatic hydroxyl groups is 1. The first-order valence-corrected chi connectivity index (χ1v) is 17.2. The molecule has 0 amide bonds. The standard InChI is InChI=1S/C49H34O/c1-32-39(37-15-9-14-36(30-37)35-26-24-34(25-27-35)33-12-3-2-4-13-33)20-10-21-40(32)47-23-11-22-41(49(47)50)38-28-29-46-44-18-6-5-16-42(44)43-17-7-8-19-45(43)48(46)31-38/h2-31,50H,1H3. The Balaban J connectivity index is 1.10. The number of fused-ring (bicyclic) bond motifs is 6. The van der Waals surface area contributed by atoms with Crippen molar-refractivity contribution in [3.63, 3.8) is 0 Å². The van der Waals surface area contributed by atoms with E-state index in [4.69, 9.17) is 0 Å². The molecular formula is C49H34O. The van der Waals surface area contributed by atoms with Crippen molar-refractivity contribution in [3.05, 3.63) is 188 Å². The Kier molecular flexibility index (Phi) is 7.25. The zero-order valence-electron chi connectivity index (χ0n) is 27.8. The lowest BCUT2D eigenvalue weighted by atomic mass is 9.88. The zero-order chi connectivity index (χ0) is 33.6. The number of rotatable bonds is 5. The maximum absolute atomic E-state index is 11.9. The van der Waals surface area contributed by atoms with Crippen molar-refractivity contribution in [3.8, 4) is 61.4 Å². The van der Waals surface area contributed by atoms with E-state index in [1.165, 1.54) is 54.6 Å². The average molecular weight is 639 g/mol. The molecule has 9 rings (SSSR count). The zero-order valence-corrected chi connectivity index (χ0v) is 27.8. The van der Waals surface area contributed by atoms with Crippen LogP contribution >= 0.6 is 0 Å². The van der Waals surface area contributed by atoms with Gasteiger partial charge in [-0.25, -0.2) is 0 Å². The molecule has 50 heavy (non-hydrogen) atoms. The Bertz CT molecular complexity index is 2670. The minimum atomic E-state index is 0.296. The van der Waals surface area contributed by atoms with Gasteiger partial charge in [-0.1, -0.05) is 170 Å². The van der Waals surface area contributed by atoms with Crippen LogP contribution in [0.1, 0.15) is 5.56 Å². The van der Waals surface area contributed by atoms with E-state index in [0.717, 1.165) is 38.9 Å². The molecule has 0 unspecified atom stereocenters. The monoisotopic (exact) mass is 638 g/mol. The summed E-state index contributed by atoms with van der Waals surface area (Å²) in [5, 5.41) is 19.3. The smallest absolute Gasteiger partial charge is 0.131 e. The maximum atomic E-state index is 11.9. The van der Waals surface area contributed by atoms with Crippen molar-refractivity contribution in [1.82, 2.24) is 0 Å². The molecule has 0 fully saturated rings. The second-order valence-corrected chi connectivity index (χ2v) is 13.1. The van der Waals surface area contributed by atoms with E-state index in [1.54, 1.807) is 0 Å². The molecule has 0 spiro atoms. The number of hydrogen-bond acceptors (Lipinski definition) is 1. The van der Waals surface area contributed by atoms with Gasteiger partial charge in [0, 0.05) is 11.1 Å². The fraction of sp³-hybridized carbons (Fsp3) is 0.0204. The Morgan fingerprint density at radius 3 is 1.38 bits per heavy atom. The van der Waals surface area contributed by atoms with Gasteiger partial charge in [-0.2, -0.15) is 0 Å². The molecule has 1 nitrogen and oxygen atoms in total. The van der Waals surface area contributed by atoms with Crippen molar-refractivity contribution < 1.29 is 5.11 Å². The van der Waals surface area contributed by atoms with Crippen LogP contribution in [0.4, 0.5) is 0 Å². The van der Waals surface area contributed by atoms with Crippen LogP contribution in [0.25, 0.3) is 88.0 Å². The van der Waals surface area contributed by atoms with Gasteiger partial charge >= 0.3 is 0 Å². The SMILES string of the molecule is Cc1c(-c2cccc(-c3ccc(-c4ccccc4)cc3)c2)cccc1-c1cccc(-c2ccc3c4ccccc4c4ccccc4c3c2)c1O. The number of hydrogen-bond donors (Lipinski definition) is 1. The molecule has 0 saturated carbocycles. The summed E-state index contributed by atoms with van der Waals surface area (Å²) >= 11 is 0. The fourth-order valence-electron chi connectivity index (χ4n) is 7.66. The van der Waals surface area contributed by atoms with Gasteiger partial charge in [-0.3, -0.25) is 0 Å². The fourth-order valence-corrected chi connectivity index (χ4v) is 7.66. The summed E-state index contributed by atoms with van der Waals surface area (Å²) in [6.45, 7) is 2.16. The molecule has 1 N–H and O–H groups in total. The van der Waals surface area contributed by atoms with Gasteiger partial charge in [-0.05, 0) is 101 Å². The molecule has 0 heterocycles. The van der Waals surface area contributed by atoms with Crippen LogP contribution in [0.2, 0.25) is 0 Å². The molecule has 0 aliphatic rings. The lowest BCUT2D eigenvalue weighted by Crippen LogP contribution is -1.91. The normalized spacial score (nSPS) is 11.4. The molecule has 236 valence electrons. The van der Waals surface area contributed by atoms with Crippen LogP contribution in [0.15, 0.2) is 182 Å². The quantitative estimate of drug-likeness (QED) is 0.186. The molecular weight excluding hydrogens is 605 g/mol. The number of phenolic OH excluding ortho intramolecular Hbond substituents is 1. The van der Waals surface area contributed by atoms with Crippen LogP contribution < -0.4 is 0 Å². The van der Waals surface area contributed by atoms with Crippen molar-refractivity contribution in [1.29, 1.82) is 0 Å². The van der Waals surface area contributed by atoms with E-state index < -0.39 is 0 Å². The van der Waals surface area contributed by atoms with E-state index in [9.17, 15) is 5.11 Å². The first-order valence-electron chi connectivity index (χ1n) is 17.2. The molecule has 1 heteroatoms. The van der Waals surface area contributed by atoms with Crippen LogP contribution in [-0.4, -0.2) is 5.11 Å². The van der Waals surface area contributed by atoms with Crippen LogP contribution in [0.3, 0.4) is 0 Å². The molecule has 0 radical (unpaired) electrons. The third kappa shape index (κ3) is 5.03. The topological polar surface area (TPSA) is 20.2 Å². The van der Waals surface area contributed by atoms with Gasteiger partial charge in [0.05, 0.1) is 0 Å². The second kappa shape index (κ2) is 12.2. The highest BCUT2D eigenvalue weighted by molar-refractivity contribution is 6.25. The summed E-state index contributed by atoms with van der Waals surface area (Å²) in [6.07, 6.45) is 0. The Hall–Kier alpha value is -6.44. The second-order valence-electron chi connectivity index (χ2n) is 13.1. The third-order valence-electron chi connectivity index (χ3n) is 10.2. The Labute approximate surface area is 292 Å². The van der Waals surface area contributed by atoms with Crippen LogP contribution in [0.5, 0.6) is 5.75 Å². The highest BCUT2D eigenvalue weighted by Crippen LogP contribution is 2.43. The van der Waals surface area contributed by atoms with Gasteiger partial charge in [0.1, 0.15) is 5.75 Å². The number of para-hydroxylation sites is 1. The Morgan fingerprint density at radius 1 is 0.280 bits per heavy atom. The largest absolute Gasteiger partial charge is 0.507 e. The summed E-state index contributed by atoms with van der Waals surface area (Å²) in [4.78, 5) is 0. The van der Waals surface area contributed by atoms with E-state index in [2.05, 4.69) is 171 Å². The van der Waals surface area contributed by atoms with Crippen molar-refractivity contribution in [2.45, 2.75) is 6.92 Å². The van der Waals surface area contributed by atoms with Crippen LogP contribution in [0, 0.1) is 6.92 Å². The summed E-state index contributed by atoms with van der Waals surface area (Å²) in [7, 11) is 0. The summed E-state index contributed by atoms with van der Waals surface area (Å²) in [6, 6.07) is 64.3. The molecule has 9 aromatic rings. The number of phenols is 1. The first-order chi connectivity index (χ1) is 24.6. The van der Waals surface area contributed by atoms with E-state index in [-0.39, 0.29) is 0 Å². The van der Waals surface area contributed by atoms with Gasteiger partial charge in [0.2, 0.25) is 0 Å². The lowest BCUT2D eigenvalue weighted by Gasteiger charge is -2.16. The van der Waals surface area contributed by atoms with Gasteiger partial charge in [-0.15, -0.1) is 0 Å². The molecule has 0 atom stereocenters. The minimum absolute atomic E-state index is 0.296. The van der Waals surface area contributed by atoms with Crippen LogP contribution in [-0.2, 0) is 0 Å². The highest BCUT2D eigenvalue weighted by atomic mass is 16.3. The van der Waals surface area contributed by atoms with E-state index >= 15 is 0 Å². The molecule has 0 bridgehead atoms. The predicted molar refractivity (Wildman–Crippen MR) is 213 cm³/mol. The van der Waals surface area contributed by atoms with E-state index in [1.807, 2.05) is 18.2 Å². The van der Waals surface area contributed by atoms with Gasteiger partial charge in [0.25, 0.3) is 0 Å². The van der Waals surface area contributed by atoms with Crippen molar-refractivity contribution in [2.75, 3.05) is 0 Å². The molecule has 0 aliphatic carbocycles. The summed E-state index contributed by atoms with van der Waals surface area (Å²) < 4.78 is 0. The molecule has 9 aromatic carbocycles. The molecule has 0 saturated heterocycles. The van der Waals surface area contributed by atoms with Crippen molar-refractivity contribution in [2.24, 2.45) is 0 Å². The van der Waals surface area contributed by atoms with Gasteiger partial charge < -0.3 is 5.11 Å². The number of benzene rings is 9.